The van der Waals surface area contributed by atoms with Gasteiger partial charge in [-0.15, -0.1) is 12.4 Å². The van der Waals surface area contributed by atoms with Gasteiger partial charge in [-0.25, -0.2) is 0 Å². The molecule has 0 atom stereocenters. The zero-order valence-corrected chi connectivity index (χ0v) is 15.3. The molecular formula is C21H22ClN3O. The number of nitrogens with zero attached hydrogens (tertiary/aromatic N) is 2. The molecule has 2 heterocycles. The number of rotatable bonds is 3. The van der Waals surface area contributed by atoms with E-state index >= 15 is 0 Å². The molecule has 0 unspecified atom stereocenters. The van der Waals surface area contributed by atoms with Gasteiger partial charge in [-0.3, -0.25) is 4.79 Å². The summed E-state index contributed by atoms with van der Waals surface area (Å²) in [6, 6.07) is 18.1. The number of halogens is 1. The summed E-state index contributed by atoms with van der Waals surface area (Å²) in [5.41, 5.74) is 2.99. The lowest BCUT2D eigenvalue weighted by Crippen LogP contribution is -2.46. The highest BCUT2D eigenvalue weighted by Gasteiger charge is 2.22. The Labute approximate surface area is 159 Å². The van der Waals surface area contributed by atoms with Gasteiger partial charge in [-0.2, -0.15) is 0 Å². The number of fused-ring (bicyclic) bond motifs is 1. The predicted molar refractivity (Wildman–Crippen MR) is 108 cm³/mol. The van der Waals surface area contributed by atoms with E-state index in [4.69, 9.17) is 0 Å². The summed E-state index contributed by atoms with van der Waals surface area (Å²) >= 11 is 0. The molecule has 0 radical (unpaired) electrons. The van der Waals surface area contributed by atoms with Crippen molar-refractivity contribution >= 4 is 35.3 Å². The van der Waals surface area contributed by atoms with Crippen molar-refractivity contribution in [2.75, 3.05) is 26.2 Å². The largest absolute Gasteiger partial charge is 0.374 e. The van der Waals surface area contributed by atoms with Crippen molar-refractivity contribution in [3.63, 3.8) is 0 Å². The van der Waals surface area contributed by atoms with Gasteiger partial charge in [-0.05, 0) is 36.0 Å². The number of hydrogen-bond acceptors (Lipinski definition) is 2. The Hall–Kier alpha value is -2.72. The molecule has 0 saturated carbocycles. The number of aromatic nitrogens is 1. The number of amides is 1. The smallest absolute Gasteiger partial charge is 0.254 e. The first kappa shape index (κ1) is 18.1. The lowest BCUT2D eigenvalue weighted by molar-refractivity contribution is 0.0682. The van der Waals surface area contributed by atoms with Gasteiger partial charge in [0.05, 0.1) is 0 Å². The second kappa shape index (κ2) is 8.11. The number of nitrogens with one attached hydrogen (secondary N) is 1. The van der Waals surface area contributed by atoms with E-state index in [1.807, 2.05) is 53.6 Å². The second-order valence-corrected chi connectivity index (χ2v) is 6.30. The molecule has 4 rings (SSSR count). The maximum Gasteiger partial charge on any atom is 0.254 e. The van der Waals surface area contributed by atoms with E-state index in [-0.39, 0.29) is 18.3 Å². The number of aromatic amines is 1. The molecule has 2 aromatic carbocycles. The molecule has 1 aliphatic heterocycles. The average molecular weight is 368 g/mol. The number of carbonyl (C=O) groups excluding carboxylic acids is 1. The lowest BCUT2D eigenvalue weighted by atomic mass is 10.1. The van der Waals surface area contributed by atoms with E-state index in [1.165, 1.54) is 5.56 Å². The van der Waals surface area contributed by atoms with Gasteiger partial charge in [0.25, 0.3) is 5.91 Å². The van der Waals surface area contributed by atoms with Crippen molar-refractivity contribution in [3.05, 3.63) is 78.1 Å². The summed E-state index contributed by atoms with van der Waals surface area (Å²) in [5, 5.41) is 0.999. The van der Waals surface area contributed by atoms with E-state index in [2.05, 4.69) is 34.3 Å². The molecular weight excluding hydrogens is 346 g/mol. The zero-order valence-electron chi connectivity index (χ0n) is 14.5. The minimum absolute atomic E-state index is 0. The van der Waals surface area contributed by atoms with E-state index in [9.17, 15) is 4.79 Å². The van der Waals surface area contributed by atoms with Gasteiger partial charge in [0.15, 0.2) is 0 Å². The van der Waals surface area contributed by atoms with E-state index < -0.39 is 0 Å². The van der Waals surface area contributed by atoms with Crippen LogP contribution in [0.3, 0.4) is 0 Å². The quantitative estimate of drug-likeness (QED) is 0.759. The summed E-state index contributed by atoms with van der Waals surface area (Å²) < 4.78 is 0. The van der Waals surface area contributed by atoms with Crippen molar-refractivity contribution in [2.45, 2.75) is 0 Å². The van der Waals surface area contributed by atoms with Crippen LogP contribution in [-0.4, -0.2) is 46.9 Å². The Morgan fingerprint density at radius 2 is 1.69 bits per heavy atom. The van der Waals surface area contributed by atoms with Gasteiger partial charge < -0.3 is 14.8 Å². The third-order valence-electron chi connectivity index (χ3n) is 4.70. The Kier molecular flexibility index (Phi) is 5.64. The first-order chi connectivity index (χ1) is 12.3. The normalized spacial score (nSPS) is 14.6. The van der Waals surface area contributed by atoms with Gasteiger partial charge in [0.2, 0.25) is 0 Å². The summed E-state index contributed by atoms with van der Waals surface area (Å²) in [4.78, 5) is 20.3. The van der Waals surface area contributed by atoms with Gasteiger partial charge in [-0.1, -0.05) is 36.4 Å². The van der Waals surface area contributed by atoms with E-state index in [0.717, 1.165) is 42.6 Å². The molecule has 1 N–H and O–H groups in total. The highest BCUT2D eigenvalue weighted by Crippen LogP contribution is 2.20. The van der Waals surface area contributed by atoms with Crippen molar-refractivity contribution < 1.29 is 4.79 Å². The molecule has 1 fully saturated rings. The Bertz CT molecular complexity index is 896. The topological polar surface area (TPSA) is 39.3 Å². The lowest BCUT2D eigenvalue weighted by Gasteiger charge is -2.34. The molecule has 1 aromatic heterocycles. The molecule has 5 heteroatoms. The Morgan fingerprint density at radius 1 is 0.923 bits per heavy atom. The maximum absolute atomic E-state index is 12.9. The second-order valence-electron chi connectivity index (χ2n) is 6.30. The van der Waals surface area contributed by atoms with Crippen LogP contribution in [0.5, 0.6) is 0 Å². The van der Waals surface area contributed by atoms with Crippen LogP contribution in [0.1, 0.15) is 15.9 Å². The maximum atomic E-state index is 12.9. The third-order valence-corrected chi connectivity index (χ3v) is 4.70. The summed E-state index contributed by atoms with van der Waals surface area (Å²) in [7, 11) is 0. The third kappa shape index (κ3) is 3.75. The number of hydrogen-bond donors (Lipinski definition) is 1. The number of benzene rings is 2. The average Bonchev–Trinajstić information content (AvgIpc) is 3.16. The first-order valence-corrected chi connectivity index (χ1v) is 8.64. The zero-order chi connectivity index (χ0) is 17.1. The number of piperazine rings is 1. The highest BCUT2D eigenvalue weighted by molar-refractivity contribution is 6.06. The molecule has 134 valence electrons. The molecule has 1 amide bonds. The van der Waals surface area contributed by atoms with Crippen LogP contribution in [0.4, 0.5) is 0 Å². The molecule has 1 saturated heterocycles. The summed E-state index contributed by atoms with van der Waals surface area (Å²) in [6.07, 6.45) is 6.13. The van der Waals surface area contributed by atoms with Crippen LogP contribution in [0.15, 0.2) is 67.0 Å². The van der Waals surface area contributed by atoms with Gasteiger partial charge >= 0.3 is 0 Å². The molecule has 0 bridgehead atoms. The highest BCUT2D eigenvalue weighted by atomic mass is 35.5. The standard InChI is InChI=1S/C21H21N3O.ClH/c25-21(19-7-4-8-20-18(19)9-11-22-20)24-15-13-23(14-16-24)12-10-17-5-2-1-3-6-17;/h1-12,22H,13-16H2;1H. The fourth-order valence-electron chi connectivity index (χ4n) is 3.27. The molecule has 3 aromatic rings. The predicted octanol–water partition coefficient (Wildman–Crippen LogP) is 4.02. The van der Waals surface area contributed by atoms with Crippen LogP contribution >= 0.6 is 12.4 Å². The molecule has 4 nitrogen and oxygen atoms in total. The first-order valence-electron chi connectivity index (χ1n) is 8.64. The minimum atomic E-state index is 0. The summed E-state index contributed by atoms with van der Waals surface area (Å²) in [5.74, 6) is 0.122. The van der Waals surface area contributed by atoms with Crippen LogP contribution in [0, 0.1) is 0 Å². The molecule has 1 aliphatic rings. The SMILES string of the molecule is Cl.O=C(c1cccc2[nH]ccc12)N1CCN(C=Cc2ccccc2)CC1. The van der Waals surface area contributed by atoms with Crippen LogP contribution in [-0.2, 0) is 0 Å². The van der Waals surface area contributed by atoms with Crippen LogP contribution in [0.25, 0.3) is 17.0 Å². The fraction of sp³-hybridized carbons (Fsp3) is 0.190. The van der Waals surface area contributed by atoms with Crippen LogP contribution in [0.2, 0.25) is 0 Å². The van der Waals surface area contributed by atoms with Gasteiger partial charge in [0, 0.05) is 48.8 Å². The van der Waals surface area contributed by atoms with Crippen LogP contribution < -0.4 is 0 Å². The summed E-state index contributed by atoms with van der Waals surface area (Å²) in [6.45, 7) is 3.22. The molecule has 26 heavy (non-hydrogen) atoms. The van der Waals surface area contributed by atoms with Crippen molar-refractivity contribution in [1.82, 2.24) is 14.8 Å². The van der Waals surface area contributed by atoms with Crippen molar-refractivity contribution in [1.29, 1.82) is 0 Å². The van der Waals surface area contributed by atoms with Gasteiger partial charge in [0.1, 0.15) is 0 Å². The monoisotopic (exact) mass is 367 g/mol. The number of H-pyrrole nitrogens is 1. The minimum Gasteiger partial charge on any atom is -0.374 e. The Balaban J connectivity index is 0.00000196. The van der Waals surface area contributed by atoms with Crippen molar-refractivity contribution in [3.8, 4) is 0 Å². The van der Waals surface area contributed by atoms with E-state index in [0.29, 0.717) is 0 Å². The Morgan fingerprint density at radius 3 is 2.46 bits per heavy atom. The fourth-order valence-corrected chi connectivity index (χ4v) is 3.27. The van der Waals surface area contributed by atoms with Crippen molar-refractivity contribution in [2.24, 2.45) is 0 Å². The van der Waals surface area contributed by atoms with E-state index in [1.54, 1.807) is 0 Å². The molecule has 0 spiro atoms. The number of carbonyl (C=O) groups is 1. The molecule has 0 aliphatic carbocycles.